The number of hydrogen-bond donors (Lipinski definition) is 3. The highest BCUT2D eigenvalue weighted by Gasteiger charge is 2.29. The Morgan fingerprint density at radius 3 is 2.09 bits per heavy atom. The smallest absolute Gasteiger partial charge is 0.407 e. The number of carboxylic acids is 1. The summed E-state index contributed by atoms with van der Waals surface area (Å²) in [6, 6.07) is 15.4. The highest BCUT2D eigenvalue weighted by atomic mass is 16.5. The molecule has 7 heteroatoms. The van der Waals surface area contributed by atoms with Gasteiger partial charge in [-0.25, -0.2) is 9.59 Å². The van der Waals surface area contributed by atoms with E-state index < -0.39 is 18.1 Å². The fraction of sp³-hybridized carbons (Fsp3) is 0.423. The topological polar surface area (TPSA) is 105 Å². The molecule has 0 saturated carbocycles. The Hall–Kier alpha value is -3.35. The van der Waals surface area contributed by atoms with Gasteiger partial charge in [0.1, 0.15) is 12.6 Å². The standard InChI is InChI=1S/C26H32N2O5/c1-16(2)24(25(30)31)28-23(29)13-12-17(3)14-27-26(32)33-15-22-20-10-6-4-8-18(20)19-9-5-7-11-21(19)22/h4-11,16-17,22,24H,12-15H2,1-3H3,(H,27,32)(H,28,29)(H,30,31). The molecule has 0 radical (unpaired) electrons. The van der Waals surface area contributed by atoms with Crippen LogP contribution < -0.4 is 10.6 Å². The first-order valence-electron chi connectivity index (χ1n) is 11.4. The Balaban J connectivity index is 1.43. The lowest BCUT2D eigenvalue weighted by molar-refractivity contribution is -0.143. The lowest BCUT2D eigenvalue weighted by Gasteiger charge is -2.19. The summed E-state index contributed by atoms with van der Waals surface area (Å²) in [6.07, 6.45) is 0.239. The van der Waals surface area contributed by atoms with E-state index in [4.69, 9.17) is 4.74 Å². The van der Waals surface area contributed by atoms with Crippen LogP contribution in [0.4, 0.5) is 4.79 Å². The summed E-state index contributed by atoms with van der Waals surface area (Å²) in [7, 11) is 0. The van der Waals surface area contributed by atoms with Crippen molar-refractivity contribution in [1.29, 1.82) is 0 Å². The summed E-state index contributed by atoms with van der Waals surface area (Å²) >= 11 is 0. The summed E-state index contributed by atoms with van der Waals surface area (Å²) in [5.74, 6) is -1.49. The van der Waals surface area contributed by atoms with Gasteiger partial charge in [0.15, 0.2) is 0 Å². The van der Waals surface area contributed by atoms with E-state index in [1.807, 2.05) is 31.2 Å². The zero-order chi connectivity index (χ0) is 24.0. The summed E-state index contributed by atoms with van der Waals surface area (Å²) in [6.45, 7) is 6.05. The maximum absolute atomic E-state index is 12.3. The van der Waals surface area contributed by atoms with Crippen molar-refractivity contribution in [3.05, 3.63) is 59.7 Å². The molecule has 2 aromatic carbocycles. The van der Waals surface area contributed by atoms with Crippen molar-refractivity contribution < 1.29 is 24.2 Å². The zero-order valence-corrected chi connectivity index (χ0v) is 19.3. The van der Waals surface area contributed by atoms with Crippen LogP contribution in [0.3, 0.4) is 0 Å². The molecule has 33 heavy (non-hydrogen) atoms. The molecule has 3 N–H and O–H groups in total. The molecule has 3 rings (SSSR count). The normalized spacial score (nSPS) is 14.2. The van der Waals surface area contributed by atoms with Crippen molar-refractivity contribution in [2.45, 2.75) is 45.6 Å². The number of carboxylic acid groups (broad SMARTS) is 1. The van der Waals surface area contributed by atoms with Crippen LogP contribution in [0.15, 0.2) is 48.5 Å². The zero-order valence-electron chi connectivity index (χ0n) is 19.3. The summed E-state index contributed by atoms with van der Waals surface area (Å²) in [5, 5.41) is 14.5. The SMILES string of the molecule is CC(CCC(=O)NC(C(=O)O)C(C)C)CNC(=O)OCC1c2ccccc2-c2ccccc21. The molecule has 0 aromatic heterocycles. The van der Waals surface area contributed by atoms with Crippen LogP contribution in [0.2, 0.25) is 0 Å². The number of carbonyl (C=O) groups is 3. The molecule has 0 fully saturated rings. The van der Waals surface area contributed by atoms with E-state index in [2.05, 4.69) is 34.9 Å². The molecule has 7 nitrogen and oxygen atoms in total. The van der Waals surface area contributed by atoms with E-state index in [0.717, 1.165) is 11.1 Å². The van der Waals surface area contributed by atoms with Crippen molar-refractivity contribution in [1.82, 2.24) is 10.6 Å². The van der Waals surface area contributed by atoms with E-state index in [0.29, 0.717) is 13.0 Å². The number of aliphatic carboxylic acids is 1. The average molecular weight is 453 g/mol. The number of nitrogens with one attached hydrogen (secondary N) is 2. The van der Waals surface area contributed by atoms with Gasteiger partial charge in [-0.05, 0) is 40.5 Å². The molecule has 0 bridgehead atoms. The molecule has 0 aliphatic heterocycles. The van der Waals surface area contributed by atoms with Crippen LogP contribution >= 0.6 is 0 Å². The molecule has 1 aliphatic carbocycles. The summed E-state index contributed by atoms with van der Waals surface area (Å²) < 4.78 is 5.53. The third kappa shape index (κ3) is 6.12. The van der Waals surface area contributed by atoms with Gasteiger partial charge >= 0.3 is 12.1 Å². The number of hydrogen-bond acceptors (Lipinski definition) is 4. The van der Waals surface area contributed by atoms with Crippen molar-refractivity contribution in [3.63, 3.8) is 0 Å². The second-order valence-corrected chi connectivity index (χ2v) is 8.98. The summed E-state index contributed by atoms with van der Waals surface area (Å²) in [4.78, 5) is 35.6. The van der Waals surface area contributed by atoms with E-state index in [1.54, 1.807) is 13.8 Å². The highest BCUT2D eigenvalue weighted by molar-refractivity contribution is 5.83. The predicted molar refractivity (Wildman–Crippen MR) is 126 cm³/mol. The van der Waals surface area contributed by atoms with Crippen LogP contribution in [-0.4, -0.2) is 42.3 Å². The number of alkyl carbamates (subject to hydrolysis) is 1. The number of fused-ring (bicyclic) bond motifs is 3. The second-order valence-electron chi connectivity index (χ2n) is 8.98. The molecule has 0 spiro atoms. The Bertz CT molecular complexity index is 958. The van der Waals surface area contributed by atoms with Crippen LogP contribution in [-0.2, 0) is 14.3 Å². The first-order chi connectivity index (χ1) is 15.8. The van der Waals surface area contributed by atoms with Gasteiger partial charge in [0, 0.05) is 18.9 Å². The first-order valence-corrected chi connectivity index (χ1v) is 11.4. The molecular weight excluding hydrogens is 420 g/mol. The van der Waals surface area contributed by atoms with Gasteiger partial charge in [-0.3, -0.25) is 4.79 Å². The minimum Gasteiger partial charge on any atom is -0.480 e. The molecule has 0 heterocycles. The summed E-state index contributed by atoms with van der Waals surface area (Å²) in [5.41, 5.74) is 4.67. The Morgan fingerprint density at radius 1 is 0.970 bits per heavy atom. The van der Waals surface area contributed by atoms with E-state index in [9.17, 15) is 19.5 Å². The van der Waals surface area contributed by atoms with Crippen molar-refractivity contribution in [2.75, 3.05) is 13.2 Å². The number of benzene rings is 2. The number of ether oxygens (including phenoxy) is 1. The third-order valence-corrected chi connectivity index (χ3v) is 6.05. The van der Waals surface area contributed by atoms with Gasteiger partial charge in [0.05, 0.1) is 0 Å². The second kappa shape index (κ2) is 11.0. The van der Waals surface area contributed by atoms with Crippen LogP contribution in [0, 0.1) is 11.8 Å². The molecule has 176 valence electrons. The van der Waals surface area contributed by atoms with Crippen LogP contribution in [0.1, 0.15) is 50.7 Å². The van der Waals surface area contributed by atoms with E-state index in [1.165, 1.54) is 11.1 Å². The minimum absolute atomic E-state index is 0.00686. The van der Waals surface area contributed by atoms with Gasteiger partial charge in [-0.1, -0.05) is 69.3 Å². The maximum Gasteiger partial charge on any atom is 0.407 e. The van der Waals surface area contributed by atoms with E-state index in [-0.39, 0.29) is 36.7 Å². The van der Waals surface area contributed by atoms with Gasteiger partial charge < -0.3 is 20.5 Å². The molecule has 2 amide bonds. The maximum atomic E-state index is 12.3. The molecule has 2 aromatic rings. The molecular formula is C26H32N2O5. The number of rotatable bonds is 10. The predicted octanol–water partition coefficient (Wildman–Crippen LogP) is 4.17. The monoisotopic (exact) mass is 452 g/mol. The van der Waals surface area contributed by atoms with Crippen LogP contribution in [0.5, 0.6) is 0 Å². The number of amides is 2. The van der Waals surface area contributed by atoms with Gasteiger partial charge in [-0.2, -0.15) is 0 Å². The Morgan fingerprint density at radius 2 is 1.55 bits per heavy atom. The lowest BCUT2D eigenvalue weighted by Crippen LogP contribution is -2.44. The molecule has 0 saturated heterocycles. The highest BCUT2D eigenvalue weighted by Crippen LogP contribution is 2.44. The fourth-order valence-corrected chi connectivity index (χ4v) is 4.15. The number of carbonyl (C=O) groups excluding carboxylic acids is 2. The minimum atomic E-state index is -1.04. The van der Waals surface area contributed by atoms with Gasteiger partial charge in [-0.15, -0.1) is 0 Å². The first kappa shape index (κ1) is 24.3. The van der Waals surface area contributed by atoms with Gasteiger partial charge in [0.2, 0.25) is 5.91 Å². The average Bonchev–Trinajstić information content (AvgIpc) is 3.11. The quantitative estimate of drug-likeness (QED) is 0.502. The third-order valence-electron chi connectivity index (χ3n) is 6.05. The fourth-order valence-electron chi connectivity index (χ4n) is 4.15. The van der Waals surface area contributed by atoms with E-state index >= 15 is 0 Å². The lowest BCUT2D eigenvalue weighted by atomic mass is 9.98. The van der Waals surface area contributed by atoms with Crippen molar-refractivity contribution in [2.24, 2.45) is 11.8 Å². The Labute approximate surface area is 194 Å². The molecule has 1 aliphatic rings. The molecule has 2 unspecified atom stereocenters. The largest absolute Gasteiger partial charge is 0.480 e. The van der Waals surface area contributed by atoms with Crippen molar-refractivity contribution >= 4 is 18.0 Å². The van der Waals surface area contributed by atoms with Crippen LogP contribution in [0.25, 0.3) is 11.1 Å². The van der Waals surface area contributed by atoms with Gasteiger partial charge in [0.25, 0.3) is 0 Å². The van der Waals surface area contributed by atoms with Crippen molar-refractivity contribution in [3.8, 4) is 11.1 Å². The Kier molecular flexibility index (Phi) is 8.09. The molecule has 2 atom stereocenters.